The molecule has 0 aromatic heterocycles. The van der Waals surface area contributed by atoms with Gasteiger partial charge in [-0.1, -0.05) is 32.1 Å². The second-order valence-corrected chi connectivity index (χ2v) is 4.32. The third-order valence-electron chi connectivity index (χ3n) is 3.08. The van der Waals surface area contributed by atoms with E-state index >= 15 is 0 Å². The van der Waals surface area contributed by atoms with Crippen molar-refractivity contribution >= 4 is 0 Å². The molecule has 1 aliphatic rings. The molecule has 0 unspecified atom stereocenters. The predicted molar refractivity (Wildman–Crippen MR) is 53.6 cm³/mol. The second-order valence-electron chi connectivity index (χ2n) is 4.32. The van der Waals surface area contributed by atoms with Crippen molar-refractivity contribution in [1.29, 1.82) is 0 Å². The molecular formula is C11H22O2. The zero-order valence-corrected chi connectivity index (χ0v) is 8.47. The minimum absolute atomic E-state index is 0.211. The number of aliphatic hydroxyl groups is 2. The molecule has 13 heavy (non-hydrogen) atoms. The van der Waals surface area contributed by atoms with Gasteiger partial charge in [-0.3, -0.25) is 0 Å². The average Bonchev–Trinajstić information content (AvgIpc) is 2.09. The maximum absolute atomic E-state index is 10.2. The van der Waals surface area contributed by atoms with Crippen molar-refractivity contribution in [2.75, 3.05) is 6.61 Å². The Bertz CT molecular complexity index is 121. The maximum Gasteiger partial charge on any atom is 0.0648 e. The van der Waals surface area contributed by atoms with Gasteiger partial charge in [0.2, 0.25) is 0 Å². The summed E-state index contributed by atoms with van der Waals surface area (Å²) in [6.45, 7) is 0.211. The highest BCUT2D eigenvalue weighted by molar-refractivity contribution is 4.79. The molecule has 0 aliphatic heterocycles. The fourth-order valence-corrected chi connectivity index (χ4v) is 2.22. The van der Waals surface area contributed by atoms with Gasteiger partial charge in [-0.15, -0.1) is 0 Å². The van der Waals surface area contributed by atoms with E-state index in [4.69, 9.17) is 5.11 Å². The first-order valence-corrected chi connectivity index (χ1v) is 5.60. The number of hydrogen-bond acceptors (Lipinski definition) is 2. The van der Waals surface area contributed by atoms with Crippen molar-refractivity contribution in [3.05, 3.63) is 0 Å². The largest absolute Gasteiger partial charge is 0.396 e. The average molecular weight is 186 g/mol. The normalized spacial score (nSPS) is 23.5. The lowest BCUT2D eigenvalue weighted by Gasteiger charge is -2.29. The maximum atomic E-state index is 10.2. The van der Waals surface area contributed by atoms with Crippen molar-refractivity contribution in [2.24, 2.45) is 0 Å². The molecule has 1 aliphatic carbocycles. The molecule has 0 bridgehead atoms. The van der Waals surface area contributed by atoms with Gasteiger partial charge in [0.25, 0.3) is 0 Å². The summed E-state index contributed by atoms with van der Waals surface area (Å²) in [7, 11) is 0. The molecule has 0 amide bonds. The lowest BCUT2D eigenvalue weighted by Crippen LogP contribution is -2.29. The Kier molecular flexibility index (Phi) is 4.74. The van der Waals surface area contributed by atoms with Crippen molar-refractivity contribution in [3.8, 4) is 0 Å². The van der Waals surface area contributed by atoms with Gasteiger partial charge in [0, 0.05) is 6.61 Å². The van der Waals surface area contributed by atoms with E-state index in [0.29, 0.717) is 0 Å². The van der Waals surface area contributed by atoms with Gasteiger partial charge in [-0.2, -0.15) is 0 Å². The fourth-order valence-electron chi connectivity index (χ4n) is 2.22. The van der Waals surface area contributed by atoms with Crippen molar-refractivity contribution in [1.82, 2.24) is 0 Å². The van der Waals surface area contributed by atoms with Gasteiger partial charge >= 0.3 is 0 Å². The first-order chi connectivity index (χ1) is 6.27. The summed E-state index contributed by atoms with van der Waals surface area (Å²) < 4.78 is 0. The summed E-state index contributed by atoms with van der Waals surface area (Å²) in [6.07, 6.45) is 9.57. The second kappa shape index (κ2) is 5.61. The third-order valence-corrected chi connectivity index (χ3v) is 3.08. The summed E-state index contributed by atoms with van der Waals surface area (Å²) in [5, 5.41) is 18.9. The monoisotopic (exact) mass is 186 g/mol. The highest BCUT2D eigenvalue weighted by Gasteiger charge is 2.26. The molecule has 0 aromatic carbocycles. The molecular weight excluding hydrogens is 164 g/mol. The van der Waals surface area contributed by atoms with Crippen LogP contribution in [-0.2, 0) is 0 Å². The van der Waals surface area contributed by atoms with Crippen LogP contribution in [0.5, 0.6) is 0 Å². The Morgan fingerprint density at radius 2 is 1.46 bits per heavy atom. The lowest BCUT2D eigenvalue weighted by molar-refractivity contribution is 0.000699. The van der Waals surface area contributed by atoms with Crippen LogP contribution in [-0.4, -0.2) is 22.4 Å². The standard InChI is InChI=1S/C11H22O2/c12-10-6-9-11(13)7-4-2-1-3-5-8-11/h12-13H,1-10H2. The molecule has 0 saturated heterocycles. The molecule has 1 fully saturated rings. The van der Waals surface area contributed by atoms with Gasteiger partial charge in [-0.25, -0.2) is 0 Å². The molecule has 2 N–H and O–H groups in total. The molecule has 1 rings (SSSR count). The van der Waals surface area contributed by atoms with Crippen LogP contribution in [0.4, 0.5) is 0 Å². The molecule has 0 atom stereocenters. The summed E-state index contributed by atoms with van der Waals surface area (Å²) in [5.41, 5.74) is -0.455. The SMILES string of the molecule is OCCCC1(O)CCCCCCC1. The van der Waals surface area contributed by atoms with Crippen LogP contribution in [0, 0.1) is 0 Å². The molecule has 1 saturated carbocycles. The van der Waals surface area contributed by atoms with Crippen LogP contribution in [0.25, 0.3) is 0 Å². The lowest BCUT2D eigenvalue weighted by atomic mass is 9.84. The Balaban J connectivity index is 2.32. The minimum Gasteiger partial charge on any atom is -0.396 e. The van der Waals surface area contributed by atoms with Crippen LogP contribution < -0.4 is 0 Å². The van der Waals surface area contributed by atoms with Gasteiger partial charge in [-0.05, 0) is 25.7 Å². The molecule has 2 nitrogen and oxygen atoms in total. The van der Waals surface area contributed by atoms with E-state index in [9.17, 15) is 5.11 Å². The first-order valence-electron chi connectivity index (χ1n) is 5.60. The quantitative estimate of drug-likeness (QED) is 0.709. The molecule has 78 valence electrons. The zero-order chi connectivity index (χ0) is 9.57. The van der Waals surface area contributed by atoms with E-state index in [1.54, 1.807) is 0 Å². The van der Waals surface area contributed by atoms with Gasteiger partial charge in [0.15, 0.2) is 0 Å². The van der Waals surface area contributed by atoms with Crippen molar-refractivity contribution in [2.45, 2.75) is 63.4 Å². The number of aliphatic hydroxyl groups excluding tert-OH is 1. The smallest absolute Gasteiger partial charge is 0.0648 e. The zero-order valence-electron chi connectivity index (χ0n) is 8.47. The van der Waals surface area contributed by atoms with E-state index in [0.717, 1.165) is 38.5 Å². The molecule has 0 radical (unpaired) electrons. The number of rotatable bonds is 3. The van der Waals surface area contributed by atoms with Crippen LogP contribution in [0.1, 0.15) is 57.8 Å². The predicted octanol–water partition coefficient (Wildman–Crippen LogP) is 2.23. The van der Waals surface area contributed by atoms with Gasteiger partial charge < -0.3 is 10.2 Å². The number of hydrogen-bond donors (Lipinski definition) is 2. The summed E-state index contributed by atoms with van der Waals surface area (Å²) in [6, 6.07) is 0. The Morgan fingerprint density at radius 3 is 2.00 bits per heavy atom. The topological polar surface area (TPSA) is 40.5 Å². The Labute approximate surface area is 81.0 Å². The molecule has 0 spiro atoms. The van der Waals surface area contributed by atoms with Crippen LogP contribution in [0.15, 0.2) is 0 Å². The fraction of sp³-hybridized carbons (Fsp3) is 1.00. The Morgan fingerprint density at radius 1 is 0.923 bits per heavy atom. The van der Waals surface area contributed by atoms with Gasteiger partial charge in [0.1, 0.15) is 0 Å². The summed E-state index contributed by atoms with van der Waals surface area (Å²) >= 11 is 0. The van der Waals surface area contributed by atoms with Crippen LogP contribution in [0.3, 0.4) is 0 Å². The molecule has 0 heterocycles. The summed E-state index contributed by atoms with van der Waals surface area (Å²) in [4.78, 5) is 0. The highest BCUT2D eigenvalue weighted by atomic mass is 16.3. The molecule has 2 heteroatoms. The molecule has 0 aromatic rings. The van der Waals surface area contributed by atoms with E-state index in [-0.39, 0.29) is 6.61 Å². The van der Waals surface area contributed by atoms with Crippen molar-refractivity contribution in [3.63, 3.8) is 0 Å². The Hall–Kier alpha value is -0.0800. The first kappa shape index (κ1) is 11.0. The van der Waals surface area contributed by atoms with Crippen LogP contribution >= 0.6 is 0 Å². The van der Waals surface area contributed by atoms with Crippen molar-refractivity contribution < 1.29 is 10.2 Å². The van der Waals surface area contributed by atoms with Gasteiger partial charge in [0.05, 0.1) is 5.60 Å². The third kappa shape index (κ3) is 4.10. The minimum atomic E-state index is -0.455. The van der Waals surface area contributed by atoms with E-state index in [2.05, 4.69) is 0 Å². The van der Waals surface area contributed by atoms with E-state index in [1.165, 1.54) is 19.3 Å². The summed E-state index contributed by atoms with van der Waals surface area (Å²) in [5.74, 6) is 0. The van der Waals surface area contributed by atoms with Crippen LogP contribution in [0.2, 0.25) is 0 Å². The highest BCUT2D eigenvalue weighted by Crippen LogP contribution is 2.29. The van der Waals surface area contributed by atoms with E-state index in [1.807, 2.05) is 0 Å². The van der Waals surface area contributed by atoms with E-state index < -0.39 is 5.60 Å².